The molecule has 158 valence electrons. The molecule has 1 heterocycles. The van der Waals surface area contributed by atoms with Gasteiger partial charge in [-0.1, -0.05) is 18.5 Å². The van der Waals surface area contributed by atoms with Crippen LogP contribution in [0.3, 0.4) is 0 Å². The van der Waals surface area contributed by atoms with Crippen molar-refractivity contribution >= 4 is 29.2 Å². The van der Waals surface area contributed by atoms with E-state index < -0.39 is 11.7 Å². The molecule has 1 aliphatic heterocycles. The maximum absolute atomic E-state index is 13.2. The third-order valence-electron chi connectivity index (χ3n) is 5.49. The van der Waals surface area contributed by atoms with E-state index >= 15 is 0 Å². The number of benzene rings is 1. The Kier molecular flexibility index (Phi) is 6.39. The number of amides is 1. The normalized spacial score (nSPS) is 23.5. The van der Waals surface area contributed by atoms with E-state index in [1.165, 1.54) is 7.11 Å². The summed E-state index contributed by atoms with van der Waals surface area (Å²) in [4.78, 5) is 25.4. The molecule has 8 heteroatoms. The molecule has 3 rings (SSSR count). The fourth-order valence-corrected chi connectivity index (χ4v) is 4.40. The van der Waals surface area contributed by atoms with Gasteiger partial charge in [0.25, 0.3) is 5.91 Å². The van der Waals surface area contributed by atoms with Crippen molar-refractivity contribution in [1.29, 1.82) is 0 Å². The van der Waals surface area contributed by atoms with Crippen LogP contribution in [0.5, 0.6) is 5.75 Å². The van der Waals surface area contributed by atoms with Crippen LogP contribution in [-0.4, -0.2) is 44.5 Å². The molecule has 0 radical (unpaired) electrons. The van der Waals surface area contributed by atoms with E-state index in [1.54, 1.807) is 26.2 Å². The lowest BCUT2D eigenvalue weighted by atomic mass is 9.91. The van der Waals surface area contributed by atoms with Crippen molar-refractivity contribution in [3.05, 3.63) is 34.0 Å². The molecule has 1 aromatic rings. The van der Waals surface area contributed by atoms with Crippen LogP contribution < -0.4 is 10.1 Å². The molecule has 0 bridgehead atoms. The van der Waals surface area contributed by atoms with Gasteiger partial charge in [-0.2, -0.15) is 0 Å². The summed E-state index contributed by atoms with van der Waals surface area (Å²) in [6, 6.07) is 3.44. The maximum atomic E-state index is 13.2. The summed E-state index contributed by atoms with van der Waals surface area (Å²) >= 11 is 6.22. The molecular weight excluding hydrogens is 398 g/mol. The SMILES string of the molecule is CCOC(=O)OC1=C(c2c(CC)cc(Cl)cc2OC)C(=O)N[C@]12CC[C@@H](OC)C2. The average molecular weight is 424 g/mol. The van der Waals surface area contributed by atoms with Crippen LogP contribution in [0.25, 0.3) is 5.57 Å². The van der Waals surface area contributed by atoms with Gasteiger partial charge in [-0.05, 0) is 43.9 Å². The molecule has 29 heavy (non-hydrogen) atoms. The number of carbonyl (C=O) groups excluding carboxylic acids is 2. The number of aryl methyl sites for hydroxylation is 1. The lowest BCUT2D eigenvalue weighted by molar-refractivity contribution is -0.116. The van der Waals surface area contributed by atoms with E-state index in [1.807, 2.05) is 6.92 Å². The molecule has 0 aromatic heterocycles. The van der Waals surface area contributed by atoms with Gasteiger partial charge in [-0.3, -0.25) is 4.79 Å². The van der Waals surface area contributed by atoms with E-state index in [2.05, 4.69) is 5.32 Å². The summed E-state index contributed by atoms with van der Waals surface area (Å²) < 4.78 is 21.7. The standard InChI is InChI=1S/C21H26ClNO6/c1-5-12-9-13(22)10-15(27-4)16(12)17-18(29-20(25)28-6-2)21(23-19(17)24)8-7-14(11-21)26-3/h9-10,14H,5-8,11H2,1-4H3,(H,23,24)/t14-,21+/m1/s1. The quantitative estimate of drug-likeness (QED) is 0.699. The van der Waals surface area contributed by atoms with Crippen LogP contribution in [0.1, 0.15) is 44.2 Å². The molecule has 1 saturated carbocycles. The molecule has 1 aromatic carbocycles. The predicted molar refractivity (Wildman–Crippen MR) is 108 cm³/mol. The summed E-state index contributed by atoms with van der Waals surface area (Å²) in [5.74, 6) is 0.384. The second kappa shape index (κ2) is 8.63. The van der Waals surface area contributed by atoms with Crippen molar-refractivity contribution in [2.45, 2.75) is 51.2 Å². The van der Waals surface area contributed by atoms with E-state index in [0.717, 1.165) is 12.0 Å². The minimum Gasteiger partial charge on any atom is -0.496 e. The van der Waals surface area contributed by atoms with E-state index in [0.29, 0.717) is 35.6 Å². The minimum atomic E-state index is -0.845. The van der Waals surface area contributed by atoms with Crippen molar-refractivity contribution in [2.24, 2.45) is 0 Å². The van der Waals surface area contributed by atoms with Gasteiger partial charge < -0.3 is 24.3 Å². The van der Waals surface area contributed by atoms with Gasteiger partial charge in [-0.25, -0.2) is 4.79 Å². The van der Waals surface area contributed by atoms with Gasteiger partial charge in [0.05, 0.1) is 25.4 Å². The number of hydrogen-bond acceptors (Lipinski definition) is 6. The Morgan fingerprint density at radius 3 is 2.66 bits per heavy atom. The minimum absolute atomic E-state index is 0.0480. The van der Waals surface area contributed by atoms with Crippen LogP contribution >= 0.6 is 11.6 Å². The smallest absolute Gasteiger partial charge is 0.496 e. The molecule has 1 spiro atoms. The summed E-state index contributed by atoms with van der Waals surface area (Å²) in [6.07, 6.45) is 1.55. The third kappa shape index (κ3) is 3.94. The Morgan fingerprint density at radius 1 is 1.31 bits per heavy atom. The second-order valence-electron chi connectivity index (χ2n) is 7.12. The molecule has 1 aliphatic carbocycles. The number of carbonyl (C=O) groups is 2. The Labute approximate surface area is 175 Å². The van der Waals surface area contributed by atoms with Crippen molar-refractivity contribution in [3.8, 4) is 5.75 Å². The zero-order valence-electron chi connectivity index (χ0n) is 17.1. The molecule has 2 aliphatic rings. The van der Waals surface area contributed by atoms with Crippen LogP contribution in [0.4, 0.5) is 4.79 Å². The lowest BCUT2D eigenvalue weighted by Crippen LogP contribution is -2.43. The Morgan fingerprint density at radius 2 is 2.07 bits per heavy atom. The zero-order valence-corrected chi connectivity index (χ0v) is 17.9. The van der Waals surface area contributed by atoms with Crippen molar-refractivity contribution in [3.63, 3.8) is 0 Å². The highest BCUT2D eigenvalue weighted by Crippen LogP contribution is 2.47. The van der Waals surface area contributed by atoms with Gasteiger partial charge in [0.2, 0.25) is 0 Å². The van der Waals surface area contributed by atoms with Gasteiger partial charge in [0.15, 0.2) is 5.76 Å². The van der Waals surface area contributed by atoms with Gasteiger partial charge >= 0.3 is 6.16 Å². The predicted octanol–water partition coefficient (Wildman–Crippen LogP) is 3.86. The summed E-state index contributed by atoms with van der Waals surface area (Å²) in [7, 11) is 3.15. The number of halogens is 1. The number of methoxy groups -OCH3 is 2. The molecule has 1 amide bonds. The molecule has 2 atom stereocenters. The highest BCUT2D eigenvalue weighted by Gasteiger charge is 2.53. The van der Waals surface area contributed by atoms with Crippen LogP contribution in [-0.2, 0) is 25.4 Å². The summed E-state index contributed by atoms with van der Waals surface area (Å²) in [5, 5.41) is 3.55. The first-order valence-electron chi connectivity index (χ1n) is 9.70. The molecule has 1 N–H and O–H groups in total. The Hall–Kier alpha value is -2.25. The first-order valence-corrected chi connectivity index (χ1v) is 10.1. The topological polar surface area (TPSA) is 83.1 Å². The lowest BCUT2D eigenvalue weighted by Gasteiger charge is -2.26. The van der Waals surface area contributed by atoms with Crippen molar-refractivity contribution in [2.75, 3.05) is 20.8 Å². The van der Waals surface area contributed by atoms with E-state index in [-0.39, 0.29) is 30.0 Å². The van der Waals surface area contributed by atoms with Crippen LogP contribution in [0.15, 0.2) is 17.9 Å². The first-order chi connectivity index (χ1) is 13.9. The number of ether oxygens (including phenoxy) is 4. The van der Waals surface area contributed by atoms with Gasteiger partial charge in [0, 0.05) is 24.1 Å². The number of rotatable bonds is 6. The second-order valence-corrected chi connectivity index (χ2v) is 7.56. The average Bonchev–Trinajstić information content (AvgIpc) is 3.22. The number of hydrogen-bond donors (Lipinski definition) is 1. The molecule has 1 fully saturated rings. The Bertz CT molecular complexity index is 827. The fraction of sp³-hybridized carbons (Fsp3) is 0.524. The molecule has 0 unspecified atom stereocenters. The summed E-state index contributed by atoms with van der Waals surface area (Å²) in [5.41, 5.74) is 0.854. The molecule has 0 saturated heterocycles. The molecular formula is C21H26ClNO6. The fourth-order valence-electron chi connectivity index (χ4n) is 4.17. The Balaban J connectivity index is 2.21. The highest BCUT2D eigenvalue weighted by atomic mass is 35.5. The molecule has 7 nitrogen and oxygen atoms in total. The largest absolute Gasteiger partial charge is 0.513 e. The maximum Gasteiger partial charge on any atom is 0.513 e. The van der Waals surface area contributed by atoms with Crippen LogP contribution in [0, 0.1) is 0 Å². The summed E-state index contributed by atoms with van der Waals surface area (Å²) in [6.45, 7) is 3.82. The monoisotopic (exact) mass is 423 g/mol. The first kappa shape index (κ1) is 21.5. The highest BCUT2D eigenvalue weighted by molar-refractivity contribution is 6.31. The van der Waals surface area contributed by atoms with Gasteiger partial charge in [0.1, 0.15) is 11.3 Å². The third-order valence-corrected chi connectivity index (χ3v) is 5.71. The van der Waals surface area contributed by atoms with Crippen molar-refractivity contribution in [1.82, 2.24) is 5.32 Å². The van der Waals surface area contributed by atoms with Gasteiger partial charge in [-0.15, -0.1) is 0 Å². The van der Waals surface area contributed by atoms with E-state index in [9.17, 15) is 9.59 Å². The van der Waals surface area contributed by atoms with E-state index in [4.69, 9.17) is 30.5 Å². The van der Waals surface area contributed by atoms with Crippen molar-refractivity contribution < 1.29 is 28.5 Å². The zero-order chi connectivity index (χ0) is 21.2. The number of nitrogens with one attached hydrogen (secondary N) is 1. The van der Waals surface area contributed by atoms with Crippen LogP contribution in [0.2, 0.25) is 5.02 Å².